The lowest BCUT2D eigenvalue weighted by molar-refractivity contribution is -0.112. The third-order valence-corrected chi connectivity index (χ3v) is 1.57. The van der Waals surface area contributed by atoms with Gasteiger partial charge in [-0.25, -0.2) is 0 Å². The minimum absolute atomic E-state index is 0.0709. The van der Waals surface area contributed by atoms with Crippen LogP contribution in [0.25, 0.3) is 0 Å². The molecule has 3 heteroatoms. The van der Waals surface area contributed by atoms with E-state index in [0.717, 1.165) is 0 Å². The third-order valence-electron chi connectivity index (χ3n) is 1.57. The highest BCUT2D eigenvalue weighted by Gasteiger charge is 2.01. The fourth-order valence-corrected chi connectivity index (χ4v) is 1.06. The summed E-state index contributed by atoms with van der Waals surface area (Å²) in [5.41, 5.74) is 5.61. The first-order chi connectivity index (χ1) is 7.09. The van der Waals surface area contributed by atoms with Gasteiger partial charge in [0.2, 0.25) is 0 Å². The summed E-state index contributed by atoms with van der Waals surface area (Å²) in [7, 11) is 0. The van der Waals surface area contributed by atoms with Crippen molar-refractivity contribution in [3.8, 4) is 17.6 Å². The van der Waals surface area contributed by atoms with Crippen LogP contribution < -0.4 is 10.5 Å². The Balaban J connectivity index is 2.97. The average molecular weight is 203 g/mol. The van der Waals surface area contributed by atoms with Crippen LogP contribution in [0.3, 0.4) is 0 Å². The monoisotopic (exact) mass is 203 g/mol. The van der Waals surface area contributed by atoms with Crippen molar-refractivity contribution in [1.29, 1.82) is 0 Å². The molecule has 0 aliphatic carbocycles. The minimum Gasteiger partial charge on any atom is -0.490 e. The number of nitrogens with two attached hydrogens (primary N) is 1. The van der Waals surface area contributed by atoms with E-state index in [1.807, 2.05) is 32.0 Å². The molecule has 0 spiro atoms. The zero-order valence-electron chi connectivity index (χ0n) is 8.78. The zero-order valence-corrected chi connectivity index (χ0v) is 8.78. The van der Waals surface area contributed by atoms with Gasteiger partial charge in [-0.15, -0.1) is 0 Å². The van der Waals surface area contributed by atoms with Crippen molar-refractivity contribution in [2.45, 2.75) is 20.0 Å². The molecule has 0 atom stereocenters. The third kappa shape index (κ3) is 3.74. The molecule has 15 heavy (non-hydrogen) atoms. The van der Waals surface area contributed by atoms with Gasteiger partial charge in [0.1, 0.15) is 5.75 Å². The maximum absolute atomic E-state index is 10.5. The van der Waals surface area contributed by atoms with Crippen molar-refractivity contribution >= 4 is 5.91 Å². The molecule has 0 aliphatic heterocycles. The van der Waals surface area contributed by atoms with Crippen molar-refractivity contribution in [1.82, 2.24) is 0 Å². The number of carbonyl (C=O) groups excluding carboxylic acids is 1. The average Bonchev–Trinajstić information content (AvgIpc) is 2.15. The van der Waals surface area contributed by atoms with Crippen LogP contribution in [0.2, 0.25) is 0 Å². The van der Waals surface area contributed by atoms with E-state index in [-0.39, 0.29) is 6.10 Å². The van der Waals surface area contributed by atoms with Crippen LogP contribution >= 0.6 is 0 Å². The Morgan fingerprint density at radius 2 is 2.07 bits per heavy atom. The minimum atomic E-state index is -0.644. The van der Waals surface area contributed by atoms with Gasteiger partial charge in [-0.3, -0.25) is 4.79 Å². The normalized spacial score (nSPS) is 9.27. The lowest BCUT2D eigenvalue weighted by Gasteiger charge is -2.10. The molecule has 1 amide bonds. The maximum Gasteiger partial charge on any atom is 0.293 e. The van der Waals surface area contributed by atoms with Crippen LogP contribution in [0.15, 0.2) is 24.3 Å². The molecule has 1 aromatic carbocycles. The van der Waals surface area contributed by atoms with E-state index in [4.69, 9.17) is 10.5 Å². The molecule has 3 nitrogen and oxygen atoms in total. The highest BCUT2D eigenvalue weighted by molar-refractivity contribution is 5.92. The van der Waals surface area contributed by atoms with Crippen LogP contribution in [-0.4, -0.2) is 12.0 Å². The molecule has 0 unspecified atom stereocenters. The van der Waals surface area contributed by atoms with Gasteiger partial charge in [0.05, 0.1) is 11.7 Å². The number of carbonyl (C=O) groups is 1. The van der Waals surface area contributed by atoms with Gasteiger partial charge in [-0.2, -0.15) is 0 Å². The van der Waals surface area contributed by atoms with Crippen LogP contribution in [-0.2, 0) is 4.79 Å². The number of amides is 1. The maximum atomic E-state index is 10.5. The van der Waals surface area contributed by atoms with E-state index in [0.29, 0.717) is 11.3 Å². The first-order valence-electron chi connectivity index (χ1n) is 4.66. The van der Waals surface area contributed by atoms with Gasteiger partial charge in [0.25, 0.3) is 5.91 Å². The van der Waals surface area contributed by atoms with E-state index in [9.17, 15) is 4.79 Å². The number of rotatable bonds is 2. The van der Waals surface area contributed by atoms with Gasteiger partial charge >= 0.3 is 0 Å². The van der Waals surface area contributed by atoms with E-state index < -0.39 is 5.91 Å². The molecular formula is C12H13NO2. The summed E-state index contributed by atoms with van der Waals surface area (Å²) in [6, 6.07) is 7.28. The summed E-state index contributed by atoms with van der Waals surface area (Å²) in [6.07, 6.45) is 0.0709. The fourth-order valence-electron chi connectivity index (χ4n) is 1.06. The highest BCUT2D eigenvalue weighted by Crippen LogP contribution is 2.17. The predicted molar refractivity (Wildman–Crippen MR) is 58.3 cm³/mol. The highest BCUT2D eigenvalue weighted by atomic mass is 16.5. The molecule has 0 radical (unpaired) electrons. The van der Waals surface area contributed by atoms with Crippen LogP contribution in [0.5, 0.6) is 5.75 Å². The van der Waals surface area contributed by atoms with Crippen molar-refractivity contribution in [3.05, 3.63) is 29.8 Å². The fraction of sp³-hybridized carbons (Fsp3) is 0.250. The Labute approximate surface area is 89.2 Å². The molecule has 0 aromatic heterocycles. The van der Waals surface area contributed by atoms with Gasteiger partial charge in [-0.1, -0.05) is 18.1 Å². The number of hydrogen-bond acceptors (Lipinski definition) is 2. The van der Waals surface area contributed by atoms with E-state index >= 15 is 0 Å². The standard InChI is InChI=1S/C12H13NO2/c1-9(2)15-11-6-4-3-5-10(11)7-8-12(13)14/h3-6,9H,1-2H3,(H2,13,14). The molecule has 0 aliphatic rings. The Bertz CT molecular complexity index is 413. The molecule has 0 saturated heterocycles. The van der Waals surface area contributed by atoms with Crippen molar-refractivity contribution in [2.24, 2.45) is 5.73 Å². The number of benzene rings is 1. The summed E-state index contributed by atoms with van der Waals surface area (Å²) < 4.78 is 5.52. The number of para-hydroxylation sites is 1. The lowest BCUT2D eigenvalue weighted by Crippen LogP contribution is -2.08. The Morgan fingerprint density at radius 1 is 1.40 bits per heavy atom. The Hall–Kier alpha value is -1.95. The van der Waals surface area contributed by atoms with E-state index in [1.165, 1.54) is 0 Å². The Morgan fingerprint density at radius 3 is 2.67 bits per heavy atom. The predicted octanol–water partition coefficient (Wildman–Crippen LogP) is 1.31. The Kier molecular flexibility index (Phi) is 3.75. The summed E-state index contributed by atoms with van der Waals surface area (Å²) >= 11 is 0. The van der Waals surface area contributed by atoms with Crippen LogP contribution in [0, 0.1) is 11.8 Å². The van der Waals surface area contributed by atoms with E-state index in [2.05, 4.69) is 11.8 Å². The van der Waals surface area contributed by atoms with Crippen molar-refractivity contribution in [2.75, 3.05) is 0 Å². The molecule has 1 aromatic rings. The molecule has 0 fully saturated rings. The van der Waals surface area contributed by atoms with Gasteiger partial charge in [-0.05, 0) is 26.0 Å². The molecule has 2 N–H and O–H groups in total. The topological polar surface area (TPSA) is 52.3 Å². The first-order valence-corrected chi connectivity index (χ1v) is 4.66. The van der Waals surface area contributed by atoms with Gasteiger partial charge in [0, 0.05) is 5.92 Å². The number of hydrogen-bond donors (Lipinski definition) is 1. The second-order valence-corrected chi connectivity index (χ2v) is 3.28. The molecule has 0 bridgehead atoms. The second kappa shape index (κ2) is 5.06. The first kappa shape index (κ1) is 11.1. The summed E-state index contributed by atoms with van der Waals surface area (Å²) in [5.74, 6) is 4.98. The van der Waals surface area contributed by atoms with Crippen molar-refractivity contribution < 1.29 is 9.53 Å². The summed E-state index contributed by atoms with van der Waals surface area (Å²) in [5, 5.41) is 0. The smallest absolute Gasteiger partial charge is 0.293 e. The molecule has 78 valence electrons. The second-order valence-electron chi connectivity index (χ2n) is 3.28. The summed E-state index contributed by atoms with van der Waals surface area (Å²) in [6.45, 7) is 3.86. The van der Waals surface area contributed by atoms with Crippen molar-refractivity contribution in [3.63, 3.8) is 0 Å². The summed E-state index contributed by atoms with van der Waals surface area (Å²) in [4.78, 5) is 10.5. The van der Waals surface area contributed by atoms with Gasteiger partial charge < -0.3 is 10.5 Å². The zero-order chi connectivity index (χ0) is 11.3. The molecular weight excluding hydrogens is 190 g/mol. The van der Waals surface area contributed by atoms with Gasteiger partial charge in [0.15, 0.2) is 0 Å². The quantitative estimate of drug-likeness (QED) is 0.737. The molecule has 0 heterocycles. The molecule has 0 saturated carbocycles. The number of primary amides is 1. The number of ether oxygens (including phenoxy) is 1. The van der Waals surface area contributed by atoms with Crippen LogP contribution in [0.1, 0.15) is 19.4 Å². The lowest BCUT2D eigenvalue weighted by atomic mass is 10.2. The van der Waals surface area contributed by atoms with Crippen LogP contribution in [0.4, 0.5) is 0 Å². The SMILES string of the molecule is CC(C)Oc1ccccc1C#CC(N)=O. The van der Waals surface area contributed by atoms with E-state index in [1.54, 1.807) is 6.07 Å². The largest absolute Gasteiger partial charge is 0.490 e. The molecule has 1 rings (SSSR count).